The molecule has 0 spiro atoms. The average Bonchev–Trinajstić information content (AvgIpc) is 3.49. The van der Waals surface area contributed by atoms with E-state index in [9.17, 15) is 14.4 Å². The molecule has 0 bridgehead atoms. The van der Waals surface area contributed by atoms with Gasteiger partial charge in [0, 0.05) is 13.3 Å². The highest BCUT2D eigenvalue weighted by Gasteiger charge is 2.39. The zero-order valence-corrected chi connectivity index (χ0v) is 22.4. The molecule has 200 valence electrons. The number of esters is 2. The van der Waals surface area contributed by atoms with Crippen LogP contribution in [-0.4, -0.2) is 29.4 Å². The van der Waals surface area contributed by atoms with Gasteiger partial charge in [-0.15, -0.1) is 0 Å². The van der Waals surface area contributed by atoms with Crippen LogP contribution in [0.1, 0.15) is 37.9 Å². The number of benzene rings is 2. The van der Waals surface area contributed by atoms with Crippen LogP contribution < -0.4 is 19.6 Å². The molecule has 2 aromatic carbocycles. The average molecular weight is 547 g/mol. The second-order valence-electron chi connectivity index (χ2n) is 8.86. The number of hydrogen-bond donors (Lipinski definition) is 0. The first-order valence-corrected chi connectivity index (χ1v) is 13.2. The number of hydrogen-bond acceptors (Lipinski definition) is 9. The minimum Gasteiger partial charge on any atom is -0.463 e. The Morgan fingerprint density at radius 1 is 1.13 bits per heavy atom. The van der Waals surface area contributed by atoms with Gasteiger partial charge in [-0.2, -0.15) is 0 Å². The Balaban J connectivity index is 1.52. The fraction of sp³-hybridized carbons (Fsp3) is 0.241. The van der Waals surface area contributed by atoms with Crippen LogP contribution in [0.5, 0.6) is 5.75 Å². The molecule has 5 rings (SSSR count). The van der Waals surface area contributed by atoms with Gasteiger partial charge in [0.1, 0.15) is 18.1 Å². The van der Waals surface area contributed by atoms with Crippen molar-refractivity contribution in [2.24, 2.45) is 4.99 Å². The summed E-state index contributed by atoms with van der Waals surface area (Å²) >= 11 is 1.20. The van der Waals surface area contributed by atoms with Crippen molar-refractivity contribution in [2.45, 2.75) is 39.5 Å². The summed E-state index contributed by atoms with van der Waals surface area (Å²) in [6.45, 7) is 4.93. The lowest BCUT2D eigenvalue weighted by Gasteiger charge is -2.24. The number of nitrogens with zero attached hydrogens (tertiary/aromatic N) is 2. The second-order valence-corrected chi connectivity index (χ2v) is 9.87. The van der Waals surface area contributed by atoms with Crippen LogP contribution >= 0.6 is 11.3 Å². The molecule has 2 aliphatic heterocycles. The standard InChI is InChI=1S/C29H26N2O7S/c1-4-35-28(34)25-17(2)30-29-31(26(25)22-16-36-24(38-22)15-19-8-6-5-7-9-19)27(33)23(39-29)14-20-10-12-21(13-11-20)37-18(3)32/h5-14,16,24,26H,4,15H2,1-3H3. The Hall–Kier alpha value is -4.44. The van der Waals surface area contributed by atoms with Gasteiger partial charge >= 0.3 is 11.9 Å². The third-order valence-corrected chi connectivity index (χ3v) is 7.06. The van der Waals surface area contributed by atoms with Crippen molar-refractivity contribution in [1.82, 2.24) is 4.57 Å². The third kappa shape index (κ3) is 5.56. The van der Waals surface area contributed by atoms with E-state index >= 15 is 0 Å². The van der Waals surface area contributed by atoms with E-state index in [2.05, 4.69) is 4.99 Å². The van der Waals surface area contributed by atoms with Crippen molar-refractivity contribution in [2.75, 3.05) is 6.61 Å². The Bertz CT molecular complexity index is 1650. The number of rotatable bonds is 7. The molecule has 39 heavy (non-hydrogen) atoms. The van der Waals surface area contributed by atoms with Crippen LogP contribution in [-0.2, 0) is 30.2 Å². The molecule has 1 aromatic heterocycles. The molecule has 3 heterocycles. The fourth-order valence-corrected chi connectivity index (χ4v) is 5.43. The molecule has 9 nitrogen and oxygen atoms in total. The van der Waals surface area contributed by atoms with Gasteiger partial charge in [0.05, 0.1) is 22.4 Å². The van der Waals surface area contributed by atoms with Crippen LogP contribution in [0.4, 0.5) is 0 Å². The second kappa shape index (κ2) is 11.1. The van der Waals surface area contributed by atoms with Gasteiger partial charge in [-0.1, -0.05) is 53.8 Å². The molecule has 10 heteroatoms. The highest BCUT2D eigenvalue weighted by molar-refractivity contribution is 7.07. The Morgan fingerprint density at radius 3 is 2.56 bits per heavy atom. The Kier molecular flexibility index (Phi) is 7.47. The third-order valence-electron chi connectivity index (χ3n) is 6.07. The van der Waals surface area contributed by atoms with Gasteiger partial charge in [0.25, 0.3) is 5.56 Å². The maximum atomic E-state index is 13.7. The topological polar surface area (TPSA) is 105 Å². The molecule has 0 saturated carbocycles. The first-order chi connectivity index (χ1) is 18.8. The highest BCUT2D eigenvalue weighted by Crippen LogP contribution is 2.35. The maximum absolute atomic E-state index is 13.7. The SMILES string of the molecule is CCOC(=O)C1=C(C)N=c2sc(=Cc3ccc(OC(C)=O)cc3)c(=O)n2C1C1=COC(Cc2ccccc2)O1. The van der Waals surface area contributed by atoms with Crippen molar-refractivity contribution < 1.29 is 28.5 Å². The van der Waals surface area contributed by atoms with Crippen molar-refractivity contribution in [3.63, 3.8) is 0 Å². The summed E-state index contributed by atoms with van der Waals surface area (Å²) < 4.78 is 24.2. The van der Waals surface area contributed by atoms with E-state index in [0.717, 1.165) is 11.1 Å². The smallest absolute Gasteiger partial charge is 0.338 e. The normalized spacial score (nSPS) is 18.4. The van der Waals surface area contributed by atoms with Crippen molar-refractivity contribution >= 4 is 29.4 Å². The van der Waals surface area contributed by atoms with Crippen LogP contribution in [0.3, 0.4) is 0 Å². The summed E-state index contributed by atoms with van der Waals surface area (Å²) in [6.07, 6.45) is 3.06. The summed E-state index contributed by atoms with van der Waals surface area (Å²) in [5.74, 6) is -0.254. The molecular formula is C29H26N2O7S. The van der Waals surface area contributed by atoms with Gasteiger partial charge in [-0.3, -0.25) is 14.2 Å². The monoisotopic (exact) mass is 546 g/mol. The molecule has 0 N–H and O–H groups in total. The first kappa shape index (κ1) is 26.2. The van der Waals surface area contributed by atoms with E-state index in [1.165, 1.54) is 29.1 Å². The number of carbonyl (C=O) groups excluding carboxylic acids is 2. The van der Waals surface area contributed by atoms with Crippen LogP contribution in [0.2, 0.25) is 0 Å². The van der Waals surface area contributed by atoms with Crippen molar-refractivity contribution in [1.29, 1.82) is 0 Å². The van der Waals surface area contributed by atoms with E-state index in [-0.39, 0.29) is 17.7 Å². The molecule has 0 radical (unpaired) electrons. The van der Waals surface area contributed by atoms with E-state index in [1.54, 1.807) is 44.2 Å². The predicted octanol–water partition coefficient (Wildman–Crippen LogP) is 3.13. The molecule has 0 fully saturated rings. The van der Waals surface area contributed by atoms with E-state index < -0.39 is 24.3 Å². The molecule has 2 aliphatic rings. The number of carbonyl (C=O) groups is 2. The van der Waals surface area contributed by atoms with Gasteiger partial charge in [0.15, 0.2) is 10.6 Å². The van der Waals surface area contributed by atoms with E-state index in [4.69, 9.17) is 18.9 Å². The molecular weight excluding hydrogens is 520 g/mol. The predicted molar refractivity (Wildman–Crippen MR) is 143 cm³/mol. The first-order valence-electron chi connectivity index (χ1n) is 12.4. The van der Waals surface area contributed by atoms with E-state index in [0.29, 0.717) is 33.0 Å². The van der Waals surface area contributed by atoms with Gasteiger partial charge < -0.3 is 18.9 Å². The lowest BCUT2D eigenvalue weighted by atomic mass is 10.0. The number of thiazole rings is 1. The molecule has 0 amide bonds. The lowest BCUT2D eigenvalue weighted by molar-refractivity contribution is -0.139. The molecule has 0 saturated heterocycles. The Morgan fingerprint density at radius 2 is 1.87 bits per heavy atom. The van der Waals surface area contributed by atoms with Gasteiger partial charge in [-0.05, 0) is 43.2 Å². The molecule has 0 aliphatic carbocycles. The summed E-state index contributed by atoms with van der Waals surface area (Å²) in [5, 5.41) is 0. The van der Waals surface area contributed by atoms with Gasteiger partial charge in [-0.25, -0.2) is 9.79 Å². The highest BCUT2D eigenvalue weighted by atomic mass is 32.1. The largest absolute Gasteiger partial charge is 0.463 e. The summed E-state index contributed by atoms with van der Waals surface area (Å²) in [7, 11) is 0. The summed E-state index contributed by atoms with van der Waals surface area (Å²) in [6, 6.07) is 15.6. The Labute approximate surface area is 227 Å². The summed E-state index contributed by atoms with van der Waals surface area (Å²) in [4.78, 5) is 43.0. The number of ether oxygens (including phenoxy) is 4. The fourth-order valence-electron chi connectivity index (χ4n) is 4.39. The molecule has 3 aromatic rings. The number of aromatic nitrogens is 1. The molecule has 2 atom stereocenters. The zero-order chi connectivity index (χ0) is 27.5. The zero-order valence-electron chi connectivity index (χ0n) is 21.6. The van der Waals surface area contributed by atoms with E-state index in [1.807, 2.05) is 30.3 Å². The minimum absolute atomic E-state index is 0.170. The van der Waals surface area contributed by atoms with Crippen molar-refractivity contribution in [3.05, 3.63) is 109 Å². The van der Waals surface area contributed by atoms with Crippen LogP contribution in [0.15, 0.2) is 87.7 Å². The summed E-state index contributed by atoms with van der Waals surface area (Å²) in [5.41, 5.74) is 2.08. The lowest BCUT2D eigenvalue weighted by Crippen LogP contribution is -2.40. The number of allylic oxidation sites excluding steroid dienone is 2. The maximum Gasteiger partial charge on any atom is 0.338 e. The quantitative estimate of drug-likeness (QED) is 0.331. The minimum atomic E-state index is -0.894. The van der Waals surface area contributed by atoms with Crippen LogP contribution in [0, 0.1) is 0 Å². The van der Waals surface area contributed by atoms with Crippen LogP contribution in [0.25, 0.3) is 6.08 Å². The number of fused-ring (bicyclic) bond motifs is 1. The van der Waals surface area contributed by atoms with Gasteiger partial charge in [0.2, 0.25) is 6.29 Å². The van der Waals surface area contributed by atoms with Crippen molar-refractivity contribution in [3.8, 4) is 5.75 Å². The molecule has 2 unspecified atom stereocenters.